The van der Waals surface area contributed by atoms with Gasteiger partial charge in [-0.3, -0.25) is 9.78 Å². The standard InChI is InChI=1S/C18H19N3O/c1-12-5-6-17-16(10-12)15(13(2)21-17)7-9-20-18(22)14-4-3-8-19-11-14/h3-6,8,10-11,21H,7,9H2,1-2H3,(H,20,22). The molecule has 112 valence electrons. The fourth-order valence-electron chi connectivity index (χ4n) is 2.72. The van der Waals surface area contributed by atoms with E-state index in [1.165, 1.54) is 16.5 Å². The third-order valence-electron chi connectivity index (χ3n) is 3.86. The number of nitrogens with one attached hydrogen (secondary N) is 2. The molecule has 0 saturated heterocycles. The summed E-state index contributed by atoms with van der Waals surface area (Å²) in [5.74, 6) is -0.0817. The number of pyridine rings is 1. The minimum absolute atomic E-state index is 0.0817. The van der Waals surface area contributed by atoms with Gasteiger partial charge in [-0.05, 0) is 50.1 Å². The van der Waals surface area contributed by atoms with E-state index in [0.29, 0.717) is 12.1 Å². The smallest absolute Gasteiger partial charge is 0.252 e. The maximum absolute atomic E-state index is 12.0. The summed E-state index contributed by atoms with van der Waals surface area (Å²) in [4.78, 5) is 19.4. The average molecular weight is 293 g/mol. The van der Waals surface area contributed by atoms with Crippen molar-refractivity contribution < 1.29 is 4.79 Å². The third kappa shape index (κ3) is 2.86. The Morgan fingerprint density at radius 2 is 2.14 bits per heavy atom. The number of amides is 1. The molecule has 2 N–H and O–H groups in total. The second-order valence-electron chi connectivity index (χ2n) is 5.53. The van der Waals surface area contributed by atoms with E-state index in [1.54, 1.807) is 24.5 Å². The summed E-state index contributed by atoms with van der Waals surface area (Å²) in [5, 5.41) is 4.19. The van der Waals surface area contributed by atoms with Crippen molar-refractivity contribution in [1.82, 2.24) is 15.3 Å². The van der Waals surface area contributed by atoms with E-state index < -0.39 is 0 Å². The van der Waals surface area contributed by atoms with Crippen molar-refractivity contribution in [3.05, 3.63) is 65.1 Å². The van der Waals surface area contributed by atoms with Crippen molar-refractivity contribution in [2.45, 2.75) is 20.3 Å². The lowest BCUT2D eigenvalue weighted by molar-refractivity contribution is 0.0954. The summed E-state index contributed by atoms with van der Waals surface area (Å²) in [7, 11) is 0. The number of carbonyl (C=O) groups is 1. The summed E-state index contributed by atoms with van der Waals surface area (Å²) in [6.45, 7) is 4.78. The molecule has 4 heteroatoms. The second-order valence-corrected chi connectivity index (χ2v) is 5.53. The summed E-state index contributed by atoms with van der Waals surface area (Å²) < 4.78 is 0. The van der Waals surface area contributed by atoms with Gasteiger partial charge in [-0.2, -0.15) is 0 Å². The van der Waals surface area contributed by atoms with Crippen molar-refractivity contribution in [2.24, 2.45) is 0 Å². The van der Waals surface area contributed by atoms with E-state index in [9.17, 15) is 4.79 Å². The molecule has 2 heterocycles. The lowest BCUT2D eigenvalue weighted by atomic mass is 10.1. The number of hydrogen-bond acceptors (Lipinski definition) is 2. The van der Waals surface area contributed by atoms with Crippen molar-refractivity contribution in [2.75, 3.05) is 6.54 Å². The number of carbonyl (C=O) groups excluding carboxylic acids is 1. The maximum atomic E-state index is 12.0. The highest BCUT2D eigenvalue weighted by Crippen LogP contribution is 2.23. The predicted octanol–water partition coefficient (Wildman–Crippen LogP) is 3.15. The van der Waals surface area contributed by atoms with E-state index in [1.807, 2.05) is 0 Å². The van der Waals surface area contributed by atoms with Crippen LogP contribution in [-0.4, -0.2) is 22.4 Å². The predicted molar refractivity (Wildman–Crippen MR) is 88.0 cm³/mol. The van der Waals surface area contributed by atoms with Crippen molar-refractivity contribution >= 4 is 16.8 Å². The normalized spacial score (nSPS) is 10.8. The molecule has 0 saturated carbocycles. The highest BCUT2D eigenvalue weighted by Gasteiger charge is 2.10. The SMILES string of the molecule is Cc1ccc2[nH]c(C)c(CCNC(=O)c3cccnc3)c2c1. The Labute approximate surface area is 129 Å². The van der Waals surface area contributed by atoms with Crippen molar-refractivity contribution in [3.63, 3.8) is 0 Å². The van der Waals surface area contributed by atoms with Gasteiger partial charge in [-0.1, -0.05) is 11.6 Å². The molecule has 3 aromatic rings. The first kappa shape index (κ1) is 14.3. The quantitative estimate of drug-likeness (QED) is 0.776. The number of fused-ring (bicyclic) bond motifs is 1. The zero-order chi connectivity index (χ0) is 15.5. The monoisotopic (exact) mass is 293 g/mol. The number of aromatic amines is 1. The molecule has 3 rings (SSSR count). The Morgan fingerprint density at radius 1 is 1.27 bits per heavy atom. The van der Waals surface area contributed by atoms with Crippen LogP contribution in [0.15, 0.2) is 42.7 Å². The van der Waals surface area contributed by atoms with Crippen LogP contribution in [0, 0.1) is 13.8 Å². The van der Waals surface area contributed by atoms with Gasteiger partial charge in [0.1, 0.15) is 0 Å². The molecule has 0 aliphatic carbocycles. The Hall–Kier alpha value is -2.62. The van der Waals surface area contributed by atoms with E-state index in [-0.39, 0.29) is 5.91 Å². The molecular weight excluding hydrogens is 274 g/mol. The molecule has 22 heavy (non-hydrogen) atoms. The van der Waals surface area contributed by atoms with Gasteiger partial charge in [0.25, 0.3) is 5.91 Å². The number of benzene rings is 1. The molecule has 0 aliphatic rings. The molecule has 0 unspecified atom stereocenters. The fourth-order valence-corrected chi connectivity index (χ4v) is 2.72. The van der Waals surface area contributed by atoms with Crippen LogP contribution in [-0.2, 0) is 6.42 Å². The second kappa shape index (κ2) is 6.02. The molecule has 1 aromatic carbocycles. The topological polar surface area (TPSA) is 57.8 Å². The van der Waals surface area contributed by atoms with Gasteiger partial charge < -0.3 is 10.3 Å². The summed E-state index contributed by atoms with van der Waals surface area (Å²) in [6, 6.07) is 9.93. The zero-order valence-corrected chi connectivity index (χ0v) is 12.8. The molecule has 1 amide bonds. The van der Waals surface area contributed by atoms with E-state index >= 15 is 0 Å². The van der Waals surface area contributed by atoms with Crippen LogP contribution in [0.25, 0.3) is 10.9 Å². The van der Waals surface area contributed by atoms with E-state index in [0.717, 1.165) is 17.6 Å². The van der Waals surface area contributed by atoms with E-state index in [2.05, 4.69) is 47.3 Å². The zero-order valence-electron chi connectivity index (χ0n) is 12.8. The van der Waals surface area contributed by atoms with E-state index in [4.69, 9.17) is 0 Å². The lowest BCUT2D eigenvalue weighted by Gasteiger charge is -2.06. The molecule has 0 fully saturated rings. The third-order valence-corrected chi connectivity index (χ3v) is 3.86. The van der Waals surface area contributed by atoms with Gasteiger partial charge in [0.05, 0.1) is 5.56 Å². The van der Waals surface area contributed by atoms with Gasteiger partial charge in [0.15, 0.2) is 0 Å². The van der Waals surface area contributed by atoms with Crippen molar-refractivity contribution in [1.29, 1.82) is 0 Å². The van der Waals surface area contributed by atoms with Gasteiger partial charge in [0.2, 0.25) is 0 Å². The van der Waals surface area contributed by atoms with Crippen LogP contribution in [0.4, 0.5) is 0 Å². The summed E-state index contributed by atoms with van der Waals surface area (Å²) >= 11 is 0. The molecule has 0 spiro atoms. The van der Waals surface area contributed by atoms with Gasteiger partial charge in [0, 0.05) is 35.5 Å². The minimum Gasteiger partial charge on any atom is -0.358 e. The molecule has 2 aromatic heterocycles. The van der Waals surface area contributed by atoms with Gasteiger partial charge in [-0.25, -0.2) is 0 Å². The lowest BCUT2D eigenvalue weighted by Crippen LogP contribution is -2.25. The Kier molecular flexibility index (Phi) is 3.92. The Bertz CT molecular complexity index is 806. The van der Waals surface area contributed by atoms with Crippen LogP contribution in [0.1, 0.15) is 27.2 Å². The molecular formula is C18H19N3O. The minimum atomic E-state index is -0.0817. The number of nitrogens with zero attached hydrogens (tertiary/aromatic N) is 1. The molecule has 0 aliphatic heterocycles. The van der Waals surface area contributed by atoms with Crippen LogP contribution in [0.5, 0.6) is 0 Å². The van der Waals surface area contributed by atoms with Crippen LogP contribution in [0.3, 0.4) is 0 Å². The Balaban J connectivity index is 1.71. The number of rotatable bonds is 4. The first-order valence-corrected chi connectivity index (χ1v) is 7.41. The highest BCUT2D eigenvalue weighted by atomic mass is 16.1. The molecule has 0 radical (unpaired) electrons. The van der Waals surface area contributed by atoms with Crippen molar-refractivity contribution in [3.8, 4) is 0 Å². The first-order valence-electron chi connectivity index (χ1n) is 7.41. The maximum Gasteiger partial charge on any atom is 0.252 e. The number of hydrogen-bond donors (Lipinski definition) is 2. The molecule has 4 nitrogen and oxygen atoms in total. The largest absolute Gasteiger partial charge is 0.358 e. The molecule has 0 atom stereocenters. The number of H-pyrrole nitrogens is 1. The van der Waals surface area contributed by atoms with Crippen LogP contribution >= 0.6 is 0 Å². The molecule has 0 bridgehead atoms. The summed E-state index contributed by atoms with van der Waals surface area (Å²) in [5.41, 5.74) is 5.42. The van der Waals surface area contributed by atoms with Crippen LogP contribution < -0.4 is 5.32 Å². The van der Waals surface area contributed by atoms with Crippen LogP contribution in [0.2, 0.25) is 0 Å². The van der Waals surface area contributed by atoms with Gasteiger partial charge >= 0.3 is 0 Å². The number of aryl methyl sites for hydroxylation is 2. The fraction of sp³-hybridized carbons (Fsp3) is 0.222. The highest BCUT2D eigenvalue weighted by molar-refractivity contribution is 5.93. The number of aromatic nitrogens is 2. The Morgan fingerprint density at radius 3 is 2.91 bits per heavy atom. The summed E-state index contributed by atoms with van der Waals surface area (Å²) in [6.07, 6.45) is 4.05. The van der Waals surface area contributed by atoms with Gasteiger partial charge in [-0.15, -0.1) is 0 Å². The first-order chi connectivity index (χ1) is 10.6. The average Bonchev–Trinajstić information content (AvgIpc) is 2.83.